The molecule has 1 aromatic heterocycles. The fourth-order valence-corrected chi connectivity index (χ4v) is 2.44. The summed E-state index contributed by atoms with van der Waals surface area (Å²) in [4.78, 5) is 4.31. The van der Waals surface area contributed by atoms with E-state index in [2.05, 4.69) is 4.98 Å². The summed E-state index contributed by atoms with van der Waals surface area (Å²) in [5, 5.41) is 2.68. The molecule has 1 atom stereocenters. The maximum Gasteiger partial charge on any atom is 0.126 e. The molecule has 0 radical (unpaired) electrons. The van der Waals surface area contributed by atoms with Crippen LogP contribution in [0.25, 0.3) is 0 Å². The van der Waals surface area contributed by atoms with Crippen LogP contribution in [0, 0.1) is 11.6 Å². The zero-order chi connectivity index (χ0) is 12.4. The molecule has 2 rings (SSSR count). The third kappa shape index (κ3) is 3.08. The predicted molar refractivity (Wildman–Crippen MR) is 63.9 cm³/mol. The molecule has 0 spiro atoms. The maximum atomic E-state index is 13.0. The summed E-state index contributed by atoms with van der Waals surface area (Å²) in [5.41, 5.74) is 7.08. The standard InChI is InChI=1S/C12H12F2N2S/c1-7(15)11-6-17-12(16-11)4-8-2-9(13)5-10(14)3-8/h2-3,5-7H,4,15H2,1H3. The van der Waals surface area contributed by atoms with Crippen molar-refractivity contribution in [1.29, 1.82) is 0 Å². The van der Waals surface area contributed by atoms with Crippen LogP contribution in [0.4, 0.5) is 8.78 Å². The number of nitrogens with two attached hydrogens (primary N) is 1. The minimum absolute atomic E-state index is 0.121. The summed E-state index contributed by atoms with van der Waals surface area (Å²) in [6, 6.07) is 3.37. The van der Waals surface area contributed by atoms with E-state index in [0.717, 1.165) is 16.8 Å². The van der Waals surface area contributed by atoms with Crippen LogP contribution in [-0.2, 0) is 6.42 Å². The molecular formula is C12H12F2N2S. The molecule has 0 aliphatic heterocycles. The molecule has 0 amide bonds. The molecule has 0 bridgehead atoms. The minimum Gasteiger partial charge on any atom is -0.323 e. The lowest BCUT2D eigenvalue weighted by Crippen LogP contribution is -2.05. The summed E-state index contributed by atoms with van der Waals surface area (Å²) in [6.45, 7) is 1.85. The molecule has 5 heteroatoms. The Morgan fingerprint density at radius 1 is 1.29 bits per heavy atom. The molecule has 0 aliphatic rings. The number of aromatic nitrogens is 1. The van der Waals surface area contributed by atoms with Crippen LogP contribution in [0.2, 0.25) is 0 Å². The summed E-state index contributed by atoms with van der Waals surface area (Å²) >= 11 is 1.45. The third-order valence-corrected chi connectivity index (χ3v) is 3.18. The molecule has 0 saturated carbocycles. The third-order valence-electron chi connectivity index (χ3n) is 2.31. The Labute approximate surface area is 102 Å². The van der Waals surface area contributed by atoms with Crippen molar-refractivity contribution in [3.63, 3.8) is 0 Å². The molecular weight excluding hydrogens is 242 g/mol. The van der Waals surface area contributed by atoms with Crippen LogP contribution in [0.5, 0.6) is 0 Å². The van der Waals surface area contributed by atoms with E-state index in [1.165, 1.54) is 23.5 Å². The van der Waals surface area contributed by atoms with Crippen molar-refractivity contribution in [2.45, 2.75) is 19.4 Å². The monoisotopic (exact) mass is 254 g/mol. The number of nitrogens with zero attached hydrogens (tertiary/aromatic N) is 1. The minimum atomic E-state index is -0.566. The Hall–Kier alpha value is -1.33. The largest absolute Gasteiger partial charge is 0.323 e. The highest BCUT2D eigenvalue weighted by atomic mass is 32.1. The average Bonchev–Trinajstić information content (AvgIpc) is 2.64. The van der Waals surface area contributed by atoms with Gasteiger partial charge in [-0.05, 0) is 24.6 Å². The van der Waals surface area contributed by atoms with E-state index in [1.807, 2.05) is 12.3 Å². The van der Waals surface area contributed by atoms with Crippen LogP contribution >= 0.6 is 11.3 Å². The molecule has 1 aromatic carbocycles. The van der Waals surface area contributed by atoms with E-state index < -0.39 is 11.6 Å². The number of hydrogen-bond donors (Lipinski definition) is 1. The quantitative estimate of drug-likeness (QED) is 0.914. The van der Waals surface area contributed by atoms with E-state index in [9.17, 15) is 8.78 Å². The Balaban J connectivity index is 2.19. The van der Waals surface area contributed by atoms with Gasteiger partial charge in [0.25, 0.3) is 0 Å². The molecule has 17 heavy (non-hydrogen) atoms. The van der Waals surface area contributed by atoms with Gasteiger partial charge in [0, 0.05) is 23.9 Å². The van der Waals surface area contributed by atoms with Crippen molar-refractivity contribution in [2.75, 3.05) is 0 Å². The fourth-order valence-electron chi connectivity index (χ4n) is 1.50. The first kappa shape index (κ1) is 12.1. The van der Waals surface area contributed by atoms with Gasteiger partial charge in [-0.25, -0.2) is 13.8 Å². The highest BCUT2D eigenvalue weighted by Gasteiger charge is 2.08. The highest BCUT2D eigenvalue weighted by molar-refractivity contribution is 7.09. The SMILES string of the molecule is CC(N)c1csc(Cc2cc(F)cc(F)c2)n1. The zero-order valence-electron chi connectivity index (χ0n) is 9.28. The zero-order valence-corrected chi connectivity index (χ0v) is 10.1. The van der Waals surface area contributed by atoms with Crippen molar-refractivity contribution in [1.82, 2.24) is 4.98 Å². The van der Waals surface area contributed by atoms with Crippen molar-refractivity contribution in [3.05, 3.63) is 51.5 Å². The van der Waals surface area contributed by atoms with Gasteiger partial charge in [0.2, 0.25) is 0 Å². The Bertz CT molecular complexity index is 503. The van der Waals surface area contributed by atoms with Gasteiger partial charge in [-0.1, -0.05) is 0 Å². The first-order valence-electron chi connectivity index (χ1n) is 5.19. The van der Waals surface area contributed by atoms with E-state index in [1.54, 1.807) is 0 Å². The second-order valence-electron chi connectivity index (χ2n) is 3.91. The molecule has 1 heterocycles. The van der Waals surface area contributed by atoms with Crippen LogP contribution < -0.4 is 5.73 Å². The van der Waals surface area contributed by atoms with Gasteiger partial charge in [-0.3, -0.25) is 0 Å². The summed E-state index contributed by atoms with van der Waals surface area (Å²) < 4.78 is 26.0. The molecule has 0 saturated heterocycles. The Kier molecular flexibility index (Phi) is 3.49. The normalized spacial score (nSPS) is 12.7. The van der Waals surface area contributed by atoms with Crippen LogP contribution in [0.15, 0.2) is 23.6 Å². The molecule has 90 valence electrons. The van der Waals surface area contributed by atoms with E-state index in [-0.39, 0.29) is 6.04 Å². The van der Waals surface area contributed by atoms with Crippen molar-refractivity contribution < 1.29 is 8.78 Å². The molecule has 2 nitrogen and oxygen atoms in total. The number of benzene rings is 1. The average molecular weight is 254 g/mol. The second-order valence-corrected chi connectivity index (χ2v) is 4.85. The van der Waals surface area contributed by atoms with Crippen molar-refractivity contribution in [2.24, 2.45) is 5.73 Å². The number of thiazole rings is 1. The molecule has 0 fully saturated rings. The lowest BCUT2D eigenvalue weighted by atomic mass is 10.1. The molecule has 1 unspecified atom stereocenters. The lowest BCUT2D eigenvalue weighted by Gasteiger charge is -2.00. The Morgan fingerprint density at radius 3 is 2.47 bits per heavy atom. The fraction of sp³-hybridized carbons (Fsp3) is 0.250. The summed E-state index contributed by atoms with van der Waals surface area (Å²) in [7, 11) is 0. The first-order valence-corrected chi connectivity index (χ1v) is 6.07. The lowest BCUT2D eigenvalue weighted by molar-refractivity contribution is 0.580. The van der Waals surface area contributed by atoms with Gasteiger partial charge < -0.3 is 5.73 Å². The van der Waals surface area contributed by atoms with Crippen LogP contribution in [0.1, 0.15) is 29.2 Å². The number of rotatable bonds is 3. The van der Waals surface area contributed by atoms with E-state index in [4.69, 9.17) is 5.73 Å². The van der Waals surface area contributed by atoms with Gasteiger partial charge in [-0.15, -0.1) is 11.3 Å². The van der Waals surface area contributed by atoms with Crippen molar-refractivity contribution >= 4 is 11.3 Å². The van der Waals surface area contributed by atoms with Gasteiger partial charge >= 0.3 is 0 Å². The van der Waals surface area contributed by atoms with Crippen LogP contribution in [0.3, 0.4) is 0 Å². The first-order chi connectivity index (χ1) is 8.04. The molecule has 2 aromatic rings. The van der Waals surface area contributed by atoms with Gasteiger partial charge in [0.05, 0.1) is 10.7 Å². The van der Waals surface area contributed by atoms with Gasteiger partial charge in [0.15, 0.2) is 0 Å². The highest BCUT2D eigenvalue weighted by Crippen LogP contribution is 2.19. The number of hydrogen-bond acceptors (Lipinski definition) is 3. The number of halogens is 2. The molecule has 2 N–H and O–H groups in total. The van der Waals surface area contributed by atoms with Crippen molar-refractivity contribution in [3.8, 4) is 0 Å². The topological polar surface area (TPSA) is 38.9 Å². The van der Waals surface area contributed by atoms with Crippen LogP contribution in [-0.4, -0.2) is 4.98 Å². The Morgan fingerprint density at radius 2 is 1.94 bits per heavy atom. The predicted octanol–water partition coefficient (Wildman–Crippen LogP) is 3.03. The van der Waals surface area contributed by atoms with Gasteiger partial charge in [-0.2, -0.15) is 0 Å². The second kappa shape index (κ2) is 4.89. The summed E-state index contributed by atoms with van der Waals surface area (Å²) in [6.07, 6.45) is 0.423. The van der Waals surface area contributed by atoms with Gasteiger partial charge in [0.1, 0.15) is 11.6 Å². The smallest absolute Gasteiger partial charge is 0.126 e. The van der Waals surface area contributed by atoms with E-state index in [0.29, 0.717) is 12.0 Å². The van der Waals surface area contributed by atoms with E-state index >= 15 is 0 Å². The maximum absolute atomic E-state index is 13.0. The molecule has 0 aliphatic carbocycles. The summed E-state index contributed by atoms with van der Waals surface area (Å²) in [5.74, 6) is -1.13.